The first-order valence-corrected chi connectivity index (χ1v) is 15.4. The lowest BCUT2D eigenvalue weighted by Crippen LogP contribution is -2.54. The van der Waals surface area contributed by atoms with Gasteiger partial charge in [-0.3, -0.25) is 29.4 Å². The number of nitrogens with one attached hydrogen (secondary N) is 1. The maximum atomic E-state index is 13.4. The van der Waals surface area contributed by atoms with Gasteiger partial charge in [0.2, 0.25) is 0 Å². The quantitative estimate of drug-likeness (QED) is 0.104. The lowest BCUT2D eigenvalue weighted by Gasteiger charge is -2.29. The first-order chi connectivity index (χ1) is 21.2. The molecule has 12 heteroatoms. The van der Waals surface area contributed by atoms with Crippen LogP contribution < -0.4 is 15.1 Å². The number of carbonyl (C=O) groups excluding carboxylic acids is 4. The van der Waals surface area contributed by atoms with Crippen molar-refractivity contribution in [1.29, 1.82) is 0 Å². The molecule has 3 aromatic carbocycles. The van der Waals surface area contributed by atoms with Crippen LogP contribution in [0.3, 0.4) is 0 Å². The average molecular weight is 637 g/mol. The number of thiocarbonyl (C=S) groups is 1. The second-order valence-electron chi connectivity index (χ2n) is 10.1. The van der Waals surface area contributed by atoms with Crippen LogP contribution in [0.15, 0.2) is 92.2 Å². The van der Waals surface area contributed by atoms with E-state index in [1.54, 1.807) is 60.7 Å². The van der Waals surface area contributed by atoms with E-state index in [9.17, 15) is 19.2 Å². The van der Waals surface area contributed by atoms with Crippen LogP contribution in [0.25, 0.3) is 16.3 Å². The number of rotatable bonds is 5. The van der Waals surface area contributed by atoms with Gasteiger partial charge in [0.05, 0.1) is 32.7 Å². The molecule has 0 bridgehead atoms. The van der Waals surface area contributed by atoms with E-state index in [4.69, 9.17) is 16.6 Å². The van der Waals surface area contributed by atoms with Crippen LogP contribution in [0.4, 0.5) is 11.4 Å². The highest BCUT2D eigenvalue weighted by molar-refractivity contribution is 8.01. The topological polar surface area (TPSA) is 113 Å². The van der Waals surface area contributed by atoms with Crippen LogP contribution in [0.2, 0.25) is 0 Å². The first kappa shape index (κ1) is 27.9. The molecule has 7 rings (SSSR count). The number of hydrogen-bond donors (Lipinski definition) is 1. The first-order valence-electron chi connectivity index (χ1n) is 13.3. The smallest absolute Gasteiger partial charge is 0.270 e. The molecule has 2 aliphatic rings. The van der Waals surface area contributed by atoms with E-state index in [0.717, 1.165) is 15.8 Å². The number of carbonyl (C=O) groups is 4. The van der Waals surface area contributed by atoms with Gasteiger partial charge >= 0.3 is 0 Å². The molecule has 0 saturated carbocycles. The van der Waals surface area contributed by atoms with Gasteiger partial charge in [0.1, 0.15) is 11.3 Å². The third-order valence-corrected chi connectivity index (χ3v) is 9.62. The predicted molar refractivity (Wildman–Crippen MR) is 172 cm³/mol. The number of amides is 4. The number of anilines is 2. The zero-order chi connectivity index (χ0) is 30.7. The summed E-state index contributed by atoms with van der Waals surface area (Å²) in [6, 6.07) is 20.9. The Bertz CT molecular complexity index is 2090. The lowest BCUT2D eigenvalue weighted by atomic mass is 10.1. The summed E-state index contributed by atoms with van der Waals surface area (Å²) in [6.07, 6.45) is 1.39. The minimum Gasteiger partial charge on any atom is -0.450 e. The highest BCUT2D eigenvalue weighted by Crippen LogP contribution is 2.38. The molecule has 2 aromatic heterocycles. The van der Waals surface area contributed by atoms with Crippen molar-refractivity contribution in [2.24, 2.45) is 0 Å². The molecule has 1 N–H and O–H groups in total. The maximum Gasteiger partial charge on any atom is 0.270 e. The van der Waals surface area contributed by atoms with Crippen LogP contribution in [-0.2, 0) is 9.59 Å². The Morgan fingerprint density at radius 1 is 0.841 bits per heavy atom. The van der Waals surface area contributed by atoms with Crippen LogP contribution in [0, 0.1) is 13.8 Å². The summed E-state index contributed by atoms with van der Waals surface area (Å²) in [7, 11) is 0. The number of nitrogens with zero attached hydrogens (tertiary/aromatic N) is 3. The second-order valence-corrected chi connectivity index (χ2v) is 12.8. The van der Waals surface area contributed by atoms with Crippen molar-refractivity contribution < 1.29 is 23.6 Å². The summed E-state index contributed by atoms with van der Waals surface area (Å²) in [4.78, 5) is 59.1. The Morgan fingerprint density at radius 2 is 1.55 bits per heavy atom. The number of aromatic nitrogens is 1. The molecule has 0 aliphatic carbocycles. The van der Waals surface area contributed by atoms with Gasteiger partial charge in [0, 0.05) is 0 Å². The molecule has 0 unspecified atom stereocenters. The number of thiazole rings is 1. The maximum absolute atomic E-state index is 13.4. The molecule has 216 valence electrons. The van der Waals surface area contributed by atoms with Gasteiger partial charge in [-0.15, -0.1) is 11.3 Å². The van der Waals surface area contributed by atoms with E-state index in [-0.39, 0.29) is 22.5 Å². The van der Waals surface area contributed by atoms with Crippen molar-refractivity contribution in [3.63, 3.8) is 0 Å². The summed E-state index contributed by atoms with van der Waals surface area (Å²) in [5.41, 5.74) is 4.46. The van der Waals surface area contributed by atoms with Crippen LogP contribution >= 0.6 is 35.3 Å². The molecule has 0 radical (unpaired) electrons. The fourth-order valence-electron chi connectivity index (χ4n) is 4.95. The van der Waals surface area contributed by atoms with Gasteiger partial charge in [-0.2, -0.15) is 0 Å². The van der Waals surface area contributed by atoms with Gasteiger partial charge in [-0.1, -0.05) is 18.2 Å². The summed E-state index contributed by atoms with van der Waals surface area (Å²) in [5, 5.41) is 3.10. The zero-order valence-corrected chi connectivity index (χ0v) is 25.6. The fraction of sp³-hybridized carbons (Fsp3) is 0.0625. The number of hydrogen-bond acceptors (Lipinski definition) is 9. The predicted octanol–water partition coefficient (Wildman–Crippen LogP) is 6.29. The lowest BCUT2D eigenvalue weighted by molar-refractivity contribution is -0.122. The van der Waals surface area contributed by atoms with Gasteiger partial charge in [-0.05, 0) is 110 Å². The summed E-state index contributed by atoms with van der Waals surface area (Å²) >= 11 is 7.97. The van der Waals surface area contributed by atoms with Crippen molar-refractivity contribution in [3.05, 3.63) is 106 Å². The summed E-state index contributed by atoms with van der Waals surface area (Å²) in [6.45, 7) is 3.91. The summed E-state index contributed by atoms with van der Waals surface area (Å²) < 4.78 is 7.39. The molecule has 9 nitrogen and oxygen atoms in total. The molecule has 44 heavy (non-hydrogen) atoms. The molecule has 1 saturated heterocycles. The molecule has 5 aromatic rings. The number of aryl methyl sites for hydroxylation is 2. The molecular weight excluding hydrogens is 617 g/mol. The number of imide groups is 1. The SMILES string of the molecule is Cc1ccc(N2C(=O)/C(=C/c3ccc(Sc4nc5ccc(N6C(=O)c7ccccc7C6=O)cc5s4)o3)C(=O)NC2=S)cc1C. The van der Waals surface area contributed by atoms with Crippen molar-refractivity contribution >= 4 is 91.7 Å². The average Bonchev–Trinajstić information content (AvgIpc) is 3.68. The van der Waals surface area contributed by atoms with Crippen molar-refractivity contribution in [2.75, 3.05) is 9.80 Å². The molecule has 4 amide bonds. The molecular formula is C32H20N4O5S3. The Kier molecular flexibility index (Phi) is 6.76. The number of fused-ring (bicyclic) bond motifs is 2. The third kappa shape index (κ3) is 4.73. The van der Waals surface area contributed by atoms with Crippen LogP contribution in [0.5, 0.6) is 0 Å². The minimum absolute atomic E-state index is 0.0121. The largest absolute Gasteiger partial charge is 0.450 e. The van der Waals surface area contributed by atoms with E-state index < -0.39 is 11.8 Å². The van der Waals surface area contributed by atoms with E-state index in [0.29, 0.717) is 43.2 Å². The van der Waals surface area contributed by atoms with Gasteiger partial charge < -0.3 is 4.42 Å². The highest BCUT2D eigenvalue weighted by Gasteiger charge is 2.37. The van der Waals surface area contributed by atoms with E-state index in [2.05, 4.69) is 10.3 Å². The van der Waals surface area contributed by atoms with Crippen molar-refractivity contribution in [2.45, 2.75) is 23.3 Å². The number of benzene rings is 3. The van der Waals surface area contributed by atoms with E-state index >= 15 is 0 Å². The zero-order valence-electron chi connectivity index (χ0n) is 23.1. The Balaban J connectivity index is 1.11. The molecule has 0 spiro atoms. The van der Waals surface area contributed by atoms with Crippen molar-refractivity contribution in [1.82, 2.24) is 10.3 Å². The molecule has 1 fully saturated rings. The highest BCUT2D eigenvalue weighted by atomic mass is 32.2. The Labute approximate surface area is 264 Å². The van der Waals surface area contributed by atoms with Gasteiger partial charge in [-0.25, -0.2) is 9.88 Å². The molecule has 4 heterocycles. The normalized spacial score (nSPS) is 16.0. The fourth-order valence-corrected chi connectivity index (χ4v) is 7.23. The monoisotopic (exact) mass is 636 g/mol. The van der Waals surface area contributed by atoms with Gasteiger partial charge in [0.25, 0.3) is 23.6 Å². The van der Waals surface area contributed by atoms with E-state index in [1.807, 2.05) is 26.0 Å². The Hall–Kier alpha value is -4.91. The molecule has 2 aliphatic heterocycles. The molecule has 0 atom stereocenters. The van der Waals surface area contributed by atoms with Crippen LogP contribution in [0.1, 0.15) is 37.6 Å². The van der Waals surface area contributed by atoms with Crippen LogP contribution in [-0.4, -0.2) is 33.7 Å². The van der Waals surface area contributed by atoms with Crippen molar-refractivity contribution in [3.8, 4) is 0 Å². The minimum atomic E-state index is -0.606. The third-order valence-electron chi connectivity index (χ3n) is 7.33. The Morgan fingerprint density at radius 3 is 2.27 bits per heavy atom. The van der Waals surface area contributed by atoms with E-state index in [1.165, 1.54) is 39.0 Å². The van der Waals surface area contributed by atoms with Gasteiger partial charge in [0.15, 0.2) is 14.5 Å². The standard InChI is InChI=1S/C32H20N4O5S3/c1-16-7-8-18(13-17(16)2)36-30(40)23(27(37)34-31(36)42)15-20-10-12-26(41-20)44-32-33-24-11-9-19(14-25(24)43-32)35-28(38)21-5-3-4-6-22(21)29(35)39/h3-15H,1-2H3,(H,34,37,42)/b23-15+. The summed E-state index contributed by atoms with van der Waals surface area (Å²) in [5.74, 6) is -1.55. The second kappa shape index (κ2) is 10.7. The number of furan rings is 1.